The van der Waals surface area contributed by atoms with E-state index < -0.39 is 0 Å². The number of likely N-dealkylation sites (tertiary alicyclic amines) is 1. The van der Waals surface area contributed by atoms with E-state index >= 15 is 0 Å². The van der Waals surface area contributed by atoms with Gasteiger partial charge in [0, 0.05) is 25.6 Å². The SMILES string of the molecule is CN1C(=O)CC[C@@]2(C)C1CC[C@@H]1[C@H]2CC[C@]2(C)C(COC(=O)C=Cc3ccccc3)CC[C@@H]12. The highest BCUT2D eigenvalue weighted by Crippen LogP contribution is 2.66. The molecule has 3 saturated carbocycles. The summed E-state index contributed by atoms with van der Waals surface area (Å²) in [5.41, 5.74) is 1.55. The number of ether oxygens (including phenoxy) is 1. The lowest BCUT2D eigenvalue weighted by atomic mass is 9.47. The molecular formula is C29H39NO3. The molecule has 2 unspecified atom stereocenters. The molecule has 7 atom stereocenters. The highest BCUT2D eigenvalue weighted by molar-refractivity contribution is 5.87. The topological polar surface area (TPSA) is 46.6 Å². The van der Waals surface area contributed by atoms with Crippen LogP contribution in [0.15, 0.2) is 36.4 Å². The quantitative estimate of drug-likeness (QED) is 0.436. The minimum absolute atomic E-state index is 0.234. The van der Waals surface area contributed by atoms with Crippen molar-refractivity contribution in [3.05, 3.63) is 42.0 Å². The van der Waals surface area contributed by atoms with E-state index in [4.69, 9.17) is 4.74 Å². The molecule has 0 bridgehead atoms. The van der Waals surface area contributed by atoms with Crippen LogP contribution in [0.2, 0.25) is 0 Å². The number of esters is 1. The van der Waals surface area contributed by atoms with Crippen molar-refractivity contribution in [2.75, 3.05) is 13.7 Å². The Balaban J connectivity index is 1.24. The Bertz CT molecular complexity index is 926. The standard InChI is InChI=1S/C29H39NO3/c1-28-17-15-24-22(11-13-25-29(24,2)18-16-26(31)30(25)3)23(28)12-10-21(28)19-33-27(32)14-9-20-7-5-4-6-8-20/h4-9,14,21-25H,10-13,15-19H2,1-3H3/t21?,22-,23-,24+,25?,28+,29+/m0/s1. The lowest BCUT2D eigenvalue weighted by Gasteiger charge is -2.61. The molecule has 4 heteroatoms. The summed E-state index contributed by atoms with van der Waals surface area (Å²) in [6.07, 6.45) is 12.5. The first kappa shape index (κ1) is 22.7. The third-order valence-corrected chi connectivity index (χ3v) is 10.4. The van der Waals surface area contributed by atoms with Crippen molar-refractivity contribution in [2.24, 2.45) is 34.5 Å². The minimum atomic E-state index is -0.234. The summed E-state index contributed by atoms with van der Waals surface area (Å²) in [5.74, 6) is 2.76. The van der Waals surface area contributed by atoms with E-state index in [0.29, 0.717) is 30.9 Å². The predicted molar refractivity (Wildman–Crippen MR) is 130 cm³/mol. The monoisotopic (exact) mass is 449 g/mol. The summed E-state index contributed by atoms with van der Waals surface area (Å²) in [6.45, 7) is 5.50. The molecule has 0 spiro atoms. The van der Waals surface area contributed by atoms with Gasteiger partial charge in [0.15, 0.2) is 0 Å². The van der Waals surface area contributed by atoms with E-state index in [1.807, 2.05) is 43.5 Å². The zero-order chi connectivity index (χ0) is 23.2. The van der Waals surface area contributed by atoms with Crippen molar-refractivity contribution in [3.8, 4) is 0 Å². The molecule has 178 valence electrons. The second kappa shape index (κ2) is 8.60. The number of fused-ring (bicyclic) bond motifs is 5. The number of hydrogen-bond acceptors (Lipinski definition) is 3. The Hall–Kier alpha value is -2.10. The van der Waals surface area contributed by atoms with Gasteiger partial charge < -0.3 is 9.64 Å². The van der Waals surface area contributed by atoms with Crippen LogP contribution in [0.25, 0.3) is 6.08 Å². The van der Waals surface area contributed by atoms with Crippen molar-refractivity contribution < 1.29 is 14.3 Å². The van der Waals surface area contributed by atoms with Gasteiger partial charge in [-0.25, -0.2) is 4.79 Å². The fraction of sp³-hybridized carbons (Fsp3) is 0.655. The van der Waals surface area contributed by atoms with Crippen LogP contribution in [0.4, 0.5) is 0 Å². The fourth-order valence-electron chi connectivity index (χ4n) is 8.49. The lowest BCUT2D eigenvalue weighted by molar-refractivity contribution is -0.160. The summed E-state index contributed by atoms with van der Waals surface area (Å²) in [7, 11) is 2.03. The summed E-state index contributed by atoms with van der Waals surface area (Å²) in [6, 6.07) is 10.3. The van der Waals surface area contributed by atoms with Gasteiger partial charge in [-0.2, -0.15) is 0 Å². The highest BCUT2D eigenvalue weighted by Gasteiger charge is 2.61. The van der Waals surface area contributed by atoms with Gasteiger partial charge in [-0.15, -0.1) is 0 Å². The van der Waals surface area contributed by atoms with Gasteiger partial charge in [-0.05, 0) is 91.1 Å². The van der Waals surface area contributed by atoms with Crippen LogP contribution in [-0.2, 0) is 14.3 Å². The molecule has 4 aliphatic rings. The van der Waals surface area contributed by atoms with E-state index in [2.05, 4.69) is 18.7 Å². The predicted octanol–water partition coefficient (Wildman–Crippen LogP) is 5.72. The average molecular weight is 450 g/mol. The molecule has 1 saturated heterocycles. The fourth-order valence-corrected chi connectivity index (χ4v) is 8.49. The molecule has 0 aromatic heterocycles. The lowest BCUT2D eigenvalue weighted by Crippen LogP contribution is -2.61. The van der Waals surface area contributed by atoms with Gasteiger partial charge in [-0.3, -0.25) is 4.79 Å². The third-order valence-electron chi connectivity index (χ3n) is 10.4. The van der Waals surface area contributed by atoms with Crippen LogP contribution < -0.4 is 0 Å². The molecule has 0 N–H and O–H groups in total. The molecule has 3 aliphatic carbocycles. The maximum atomic E-state index is 12.4. The van der Waals surface area contributed by atoms with E-state index in [9.17, 15) is 9.59 Å². The molecule has 5 rings (SSSR count). The second-order valence-corrected chi connectivity index (χ2v) is 11.7. The molecule has 0 radical (unpaired) electrons. The first-order valence-electron chi connectivity index (χ1n) is 13.0. The van der Waals surface area contributed by atoms with Crippen LogP contribution in [0.3, 0.4) is 0 Å². The number of carbonyl (C=O) groups excluding carboxylic acids is 2. The van der Waals surface area contributed by atoms with E-state index in [1.54, 1.807) is 6.08 Å². The van der Waals surface area contributed by atoms with Crippen LogP contribution in [0.1, 0.15) is 70.8 Å². The minimum Gasteiger partial charge on any atom is -0.462 e. The molecule has 33 heavy (non-hydrogen) atoms. The van der Waals surface area contributed by atoms with Gasteiger partial charge >= 0.3 is 5.97 Å². The molecule has 1 aromatic rings. The van der Waals surface area contributed by atoms with Crippen molar-refractivity contribution in [1.82, 2.24) is 4.90 Å². The zero-order valence-electron chi connectivity index (χ0n) is 20.5. The van der Waals surface area contributed by atoms with Crippen molar-refractivity contribution in [2.45, 2.75) is 71.3 Å². The number of piperidine rings is 1. The van der Waals surface area contributed by atoms with E-state index in [-0.39, 0.29) is 16.8 Å². The Morgan fingerprint density at radius 2 is 1.79 bits per heavy atom. The van der Waals surface area contributed by atoms with Crippen molar-refractivity contribution >= 4 is 18.0 Å². The number of amides is 1. The third kappa shape index (κ3) is 3.84. The van der Waals surface area contributed by atoms with Gasteiger partial charge in [0.05, 0.1) is 6.61 Å². The average Bonchev–Trinajstić information content (AvgIpc) is 3.16. The van der Waals surface area contributed by atoms with Crippen LogP contribution in [0.5, 0.6) is 0 Å². The van der Waals surface area contributed by atoms with Gasteiger partial charge in [0.1, 0.15) is 0 Å². The maximum Gasteiger partial charge on any atom is 0.330 e. The summed E-state index contributed by atoms with van der Waals surface area (Å²) in [5, 5.41) is 0. The molecule has 1 aromatic carbocycles. The normalized spacial score (nSPS) is 40.3. The largest absolute Gasteiger partial charge is 0.462 e. The summed E-state index contributed by atoms with van der Waals surface area (Å²) >= 11 is 0. The number of hydrogen-bond donors (Lipinski definition) is 0. The maximum absolute atomic E-state index is 12.4. The smallest absolute Gasteiger partial charge is 0.330 e. The summed E-state index contributed by atoms with van der Waals surface area (Å²) < 4.78 is 5.76. The highest BCUT2D eigenvalue weighted by atomic mass is 16.5. The number of rotatable bonds is 4. The van der Waals surface area contributed by atoms with Gasteiger partial charge in [0.2, 0.25) is 5.91 Å². The first-order chi connectivity index (χ1) is 15.8. The zero-order valence-corrected chi connectivity index (χ0v) is 20.5. The van der Waals surface area contributed by atoms with E-state index in [1.165, 1.54) is 32.1 Å². The van der Waals surface area contributed by atoms with Crippen molar-refractivity contribution in [1.29, 1.82) is 0 Å². The Labute approximate surface area is 198 Å². The summed E-state index contributed by atoms with van der Waals surface area (Å²) in [4.78, 5) is 26.8. The van der Waals surface area contributed by atoms with Crippen LogP contribution in [0, 0.1) is 34.5 Å². The molecule has 1 amide bonds. The van der Waals surface area contributed by atoms with E-state index in [0.717, 1.165) is 36.2 Å². The molecular weight excluding hydrogens is 410 g/mol. The Kier molecular flexibility index (Phi) is 5.91. The second-order valence-electron chi connectivity index (χ2n) is 11.7. The molecule has 4 nitrogen and oxygen atoms in total. The van der Waals surface area contributed by atoms with Gasteiger partial charge in [-0.1, -0.05) is 44.2 Å². The molecule has 1 heterocycles. The number of benzene rings is 1. The van der Waals surface area contributed by atoms with Crippen LogP contribution >= 0.6 is 0 Å². The van der Waals surface area contributed by atoms with Crippen LogP contribution in [-0.4, -0.2) is 36.5 Å². The Morgan fingerprint density at radius 1 is 1.03 bits per heavy atom. The number of nitrogens with zero attached hydrogens (tertiary/aromatic N) is 1. The number of carbonyl (C=O) groups is 2. The first-order valence-corrected chi connectivity index (χ1v) is 13.0. The molecule has 4 fully saturated rings. The molecule has 1 aliphatic heterocycles. The van der Waals surface area contributed by atoms with Gasteiger partial charge in [0.25, 0.3) is 0 Å². The Morgan fingerprint density at radius 3 is 2.58 bits per heavy atom. The van der Waals surface area contributed by atoms with Crippen molar-refractivity contribution in [3.63, 3.8) is 0 Å².